The molecule has 0 aliphatic carbocycles. The molecule has 0 bridgehead atoms. The number of ether oxygens (including phenoxy) is 3. The number of alkyl halides is 1. The number of carbonyl (C=O) groups is 3. The molecule has 122 valence electrons. The first-order valence-electron chi connectivity index (χ1n) is 6.30. The van der Waals surface area contributed by atoms with E-state index in [0.717, 1.165) is 0 Å². The summed E-state index contributed by atoms with van der Waals surface area (Å²) in [5.41, 5.74) is -1.61. The summed E-state index contributed by atoms with van der Waals surface area (Å²) in [6.45, 7) is 9.82. The Labute approximate surface area is 129 Å². The number of nitrogens with one attached hydrogen (secondary N) is 1. The molecule has 0 rings (SSSR count). The van der Waals surface area contributed by atoms with Crippen molar-refractivity contribution < 1.29 is 28.6 Å². The molecule has 0 aromatic rings. The molecular formula is C13H22ClNO6. The zero-order valence-electron chi connectivity index (χ0n) is 13.1. The summed E-state index contributed by atoms with van der Waals surface area (Å²) < 4.78 is 14.5. The van der Waals surface area contributed by atoms with Crippen LogP contribution in [0, 0.1) is 0 Å². The number of carbonyl (C=O) groups excluding carboxylic acids is 3. The number of esters is 2. The Hall–Kier alpha value is -1.50. The normalized spacial score (nSPS) is 13.1. The molecule has 0 saturated carbocycles. The minimum atomic E-state index is -1.64. The average molecular weight is 324 g/mol. The predicted molar refractivity (Wildman–Crippen MR) is 75.8 cm³/mol. The molecule has 1 N–H and O–H groups in total. The highest BCUT2D eigenvalue weighted by molar-refractivity contribution is 6.18. The Bertz CT molecular complexity index is 396. The van der Waals surface area contributed by atoms with E-state index in [2.05, 4.69) is 10.1 Å². The van der Waals surface area contributed by atoms with Gasteiger partial charge < -0.3 is 14.2 Å². The molecule has 1 atom stereocenters. The number of amides is 1. The molecule has 8 heteroatoms. The lowest BCUT2D eigenvalue weighted by atomic mass is 10.2. The molecule has 0 aromatic carbocycles. The summed E-state index contributed by atoms with van der Waals surface area (Å²) >= 11 is 5.28. The quantitative estimate of drug-likeness (QED) is 0.368. The molecule has 0 radical (unpaired) electrons. The molecule has 0 saturated heterocycles. The lowest BCUT2D eigenvalue weighted by Crippen LogP contribution is -2.51. The van der Waals surface area contributed by atoms with Gasteiger partial charge in [0.15, 0.2) is 6.07 Å². The summed E-state index contributed by atoms with van der Waals surface area (Å²) in [5.74, 6) is -1.98. The SMILES string of the molecule is CC(C)(C)OC(=O)NC(C(=O)OCCl)C(=O)OC(C)(C)C. The maximum absolute atomic E-state index is 11.9. The van der Waals surface area contributed by atoms with E-state index in [1.54, 1.807) is 41.5 Å². The Morgan fingerprint density at radius 2 is 1.43 bits per heavy atom. The second-order valence-corrected chi connectivity index (χ2v) is 6.40. The van der Waals surface area contributed by atoms with Crippen LogP contribution >= 0.6 is 11.6 Å². The van der Waals surface area contributed by atoms with Crippen LogP contribution in [0.1, 0.15) is 41.5 Å². The van der Waals surface area contributed by atoms with Gasteiger partial charge in [0, 0.05) is 0 Å². The van der Waals surface area contributed by atoms with Crippen LogP contribution in [-0.2, 0) is 23.8 Å². The van der Waals surface area contributed by atoms with Crippen LogP contribution in [0.2, 0.25) is 0 Å². The molecule has 1 amide bonds. The number of alkyl carbamates (subject to hydrolysis) is 1. The Kier molecular flexibility index (Phi) is 6.96. The van der Waals surface area contributed by atoms with E-state index in [-0.39, 0.29) is 0 Å². The van der Waals surface area contributed by atoms with Crippen LogP contribution in [0.15, 0.2) is 0 Å². The lowest BCUT2D eigenvalue weighted by molar-refractivity contribution is -0.164. The van der Waals surface area contributed by atoms with Crippen molar-refractivity contribution in [2.45, 2.75) is 58.8 Å². The van der Waals surface area contributed by atoms with Gasteiger partial charge in [-0.1, -0.05) is 11.6 Å². The van der Waals surface area contributed by atoms with Crippen molar-refractivity contribution in [1.29, 1.82) is 0 Å². The van der Waals surface area contributed by atoms with E-state index in [4.69, 9.17) is 21.1 Å². The second kappa shape index (κ2) is 7.49. The highest BCUT2D eigenvalue weighted by Gasteiger charge is 2.35. The van der Waals surface area contributed by atoms with Crippen molar-refractivity contribution in [3.8, 4) is 0 Å². The number of rotatable bonds is 4. The fraction of sp³-hybridized carbons (Fsp3) is 0.769. The summed E-state index contributed by atoms with van der Waals surface area (Å²) in [6.07, 6.45) is -0.940. The van der Waals surface area contributed by atoms with E-state index in [0.29, 0.717) is 0 Å². The summed E-state index contributed by atoms with van der Waals surface area (Å²) in [6, 6.07) is -2.09. The highest BCUT2D eigenvalue weighted by atomic mass is 35.5. The van der Waals surface area contributed by atoms with E-state index in [1.807, 2.05) is 0 Å². The van der Waals surface area contributed by atoms with Crippen molar-refractivity contribution in [1.82, 2.24) is 5.32 Å². The third-order valence-electron chi connectivity index (χ3n) is 1.74. The molecule has 0 spiro atoms. The van der Waals surface area contributed by atoms with Crippen molar-refractivity contribution >= 4 is 29.6 Å². The van der Waals surface area contributed by atoms with Crippen molar-refractivity contribution in [2.75, 3.05) is 6.07 Å². The monoisotopic (exact) mass is 323 g/mol. The largest absolute Gasteiger partial charge is 0.458 e. The maximum atomic E-state index is 11.9. The minimum absolute atomic E-state index is 0.450. The molecule has 0 fully saturated rings. The third-order valence-corrected chi connectivity index (χ3v) is 1.85. The Morgan fingerprint density at radius 1 is 0.952 bits per heavy atom. The van der Waals surface area contributed by atoms with Crippen LogP contribution in [0.5, 0.6) is 0 Å². The smallest absolute Gasteiger partial charge is 0.408 e. The van der Waals surface area contributed by atoms with Crippen LogP contribution in [0.3, 0.4) is 0 Å². The first-order valence-corrected chi connectivity index (χ1v) is 6.84. The Balaban J connectivity index is 4.95. The minimum Gasteiger partial charge on any atom is -0.458 e. The van der Waals surface area contributed by atoms with Gasteiger partial charge in [0.2, 0.25) is 6.04 Å². The predicted octanol–water partition coefficient (Wildman–Crippen LogP) is 1.96. The van der Waals surface area contributed by atoms with E-state index < -0.39 is 41.3 Å². The zero-order valence-corrected chi connectivity index (χ0v) is 13.9. The van der Waals surface area contributed by atoms with E-state index >= 15 is 0 Å². The van der Waals surface area contributed by atoms with Crippen molar-refractivity contribution in [2.24, 2.45) is 0 Å². The fourth-order valence-corrected chi connectivity index (χ4v) is 1.24. The van der Waals surface area contributed by atoms with E-state index in [9.17, 15) is 14.4 Å². The number of halogens is 1. The van der Waals surface area contributed by atoms with Gasteiger partial charge in [-0.3, -0.25) is 5.32 Å². The highest BCUT2D eigenvalue weighted by Crippen LogP contribution is 2.11. The van der Waals surface area contributed by atoms with Gasteiger partial charge in [0.1, 0.15) is 11.2 Å². The van der Waals surface area contributed by atoms with Crippen LogP contribution in [0.4, 0.5) is 4.79 Å². The summed E-state index contributed by atoms with van der Waals surface area (Å²) in [7, 11) is 0. The third kappa shape index (κ3) is 9.12. The van der Waals surface area contributed by atoms with Crippen LogP contribution in [0.25, 0.3) is 0 Å². The molecule has 0 heterocycles. The second-order valence-electron chi connectivity index (χ2n) is 6.19. The summed E-state index contributed by atoms with van der Waals surface area (Å²) in [5, 5.41) is 2.11. The molecule has 0 aliphatic heterocycles. The number of hydrogen-bond donors (Lipinski definition) is 1. The summed E-state index contributed by atoms with van der Waals surface area (Å²) in [4.78, 5) is 35.3. The first-order chi connectivity index (χ1) is 9.35. The zero-order chi connectivity index (χ0) is 16.8. The van der Waals surface area contributed by atoms with Crippen LogP contribution < -0.4 is 5.32 Å². The van der Waals surface area contributed by atoms with Gasteiger partial charge in [-0.05, 0) is 41.5 Å². The first kappa shape index (κ1) is 19.5. The molecule has 7 nitrogen and oxygen atoms in total. The van der Waals surface area contributed by atoms with Gasteiger partial charge >= 0.3 is 18.0 Å². The lowest BCUT2D eigenvalue weighted by Gasteiger charge is -2.25. The van der Waals surface area contributed by atoms with Gasteiger partial charge in [0.25, 0.3) is 0 Å². The standard InChI is InChI=1S/C13H22ClNO6/c1-12(2,3)20-10(17)8(9(16)19-7-14)15-11(18)21-13(4,5)6/h8H,7H2,1-6H3,(H,15,18). The average Bonchev–Trinajstić information content (AvgIpc) is 2.20. The van der Waals surface area contributed by atoms with E-state index in [1.165, 1.54) is 0 Å². The number of hydrogen-bond acceptors (Lipinski definition) is 6. The molecule has 21 heavy (non-hydrogen) atoms. The molecular weight excluding hydrogens is 302 g/mol. The van der Waals surface area contributed by atoms with Gasteiger partial charge in [-0.15, -0.1) is 0 Å². The van der Waals surface area contributed by atoms with Gasteiger partial charge in [-0.2, -0.15) is 0 Å². The van der Waals surface area contributed by atoms with Crippen LogP contribution in [-0.4, -0.2) is 41.3 Å². The van der Waals surface area contributed by atoms with Crippen molar-refractivity contribution in [3.63, 3.8) is 0 Å². The molecule has 0 aliphatic rings. The maximum Gasteiger partial charge on any atom is 0.408 e. The van der Waals surface area contributed by atoms with Gasteiger partial charge in [0.05, 0.1) is 0 Å². The van der Waals surface area contributed by atoms with Gasteiger partial charge in [-0.25, -0.2) is 14.4 Å². The Morgan fingerprint density at radius 3 is 1.81 bits per heavy atom. The van der Waals surface area contributed by atoms with Crippen molar-refractivity contribution in [3.05, 3.63) is 0 Å². The topological polar surface area (TPSA) is 90.9 Å². The molecule has 0 aromatic heterocycles. The fourth-order valence-electron chi connectivity index (χ4n) is 1.14. The molecule has 1 unspecified atom stereocenters.